The van der Waals surface area contributed by atoms with Crippen LogP contribution in [-0.2, 0) is 16.4 Å². The summed E-state index contributed by atoms with van der Waals surface area (Å²) in [5, 5.41) is 6.73. The molecule has 1 fully saturated rings. The number of piperidine rings is 1. The third-order valence-corrected chi connectivity index (χ3v) is 6.57. The second kappa shape index (κ2) is 9.87. The molecule has 7 nitrogen and oxygen atoms in total. The Morgan fingerprint density at radius 3 is 2.69 bits per heavy atom. The highest BCUT2D eigenvalue weighted by atomic mass is 32.2. The molecule has 26 heavy (non-hydrogen) atoms. The molecule has 0 aliphatic carbocycles. The van der Waals surface area contributed by atoms with Gasteiger partial charge in [-0.05, 0) is 57.2 Å². The Kier molecular flexibility index (Phi) is 7.84. The van der Waals surface area contributed by atoms with Crippen LogP contribution < -0.4 is 10.6 Å². The summed E-state index contributed by atoms with van der Waals surface area (Å²) < 4.78 is 25.5. The zero-order chi connectivity index (χ0) is 19.0. The van der Waals surface area contributed by atoms with Crippen LogP contribution in [0.3, 0.4) is 0 Å². The van der Waals surface area contributed by atoms with Gasteiger partial charge in [0.25, 0.3) is 0 Å². The van der Waals surface area contributed by atoms with Crippen molar-refractivity contribution < 1.29 is 8.42 Å². The quantitative estimate of drug-likeness (QED) is 0.549. The van der Waals surface area contributed by atoms with E-state index in [1.54, 1.807) is 11.2 Å². The third kappa shape index (κ3) is 5.95. The van der Waals surface area contributed by atoms with Crippen LogP contribution in [0.15, 0.2) is 23.5 Å². The lowest BCUT2D eigenvalue weighted by molar-refractivity contribution is 0.306. The van der Waals surface area contributed by atoms with Crippen molar-refractivity contribution in [3.63, 3.8) is 0 Å². The number of rotatable bonds is 7. The number of guanidine groups is 1. The molecule has 0 amide bonds. The largest absolute Gasteiger partial charge is 0.357 e. The third-order valence-electron chi connectivity index (χ3n) is 4.68. The lowest BCUT2D eigenvalue weighted by atomic mass is 10.1. The Balaban J connectivity index is 1.87. The van der Waals surface area contributed by atoms with Crippen LogP contribution in [0.1, 0.15) is 37.8 Å². The van der Waals surface area contributed by atoms with Crippen LogP contribution in [0.4, 0.5) is 0 Å². The highest BCUT2D eigenvalue weighted by Gasteiger charge is 2.26. The van der Waals surface area contributed by atoms with Gasteiger partial charge < -0.3 is 10.6 Å². The van der Waals surface area contributed by atoms with E-state index in [2.05, 4.69) is 27.5 Å². The number of sulfonamides is 1. The molecule has 1 saturated heterocycles. The summed E-state index contributed by atoms with van der Waals surface area (Å²) in [5.41, 5.74) is 2.45. The summed E-state index contributed by atoms with van der Waals surface area (Å²) in [4.78, 5) is 8.79. The fourth-order valence-corrected chi connectivity index (χ4v) is 4.18. The molecule has 1 aromatic rings. The molecule has 0 unspecified atom stereocenters. The average molecular weight is 382 g/mol. The molecule has 0 radical (unpaired) electrons. The molecule has 0 bridgehead atoms. The Bertz CT molecular complexity index is 697. The molecule has 0 spiro atoms. The Labute approximate surface area is 157 Å². The van der Waals surface area contributed by atoms with Crippen LogP contribution in [0.25, 0.3) is 0 Å². The van der Waals surface area contributed by atoms with E-state index in [1.165, 1.54) is 11.1 Å². The second-order valence-electron chi connectivity index (χ2n) is 6.53. The lowest BCUT2D eigenvalue weighted by Crippen LogP contribution is -2.50. The number of aromatic nitrogens is 1. The van der Waals surface area contributed by atoms with Crippen molar-refractivity contribution in [2.24, 2.45) is 4.99 Å². The number of pyridine rings is 1. The fraction of sp³-hybridized carbons (Fsp3) is 0.667. The van der Waals surface area contributed by atoms with Crippen molar-refractivity contribution in [2.45, 2.75) is 46.1 Å². The van der Waals surface area contributed by atoms with Gasteiger partial charge >= 0.3 is 0 Å². The van der Waals surface area contributed by atoms with Gasteiger partial charge in [0.2, 0.25) is 10.0 Å². The molecule has 1 aliphatic rings. The second-order valence-corrected chi connectivity index (χ2v) is 8.79. The summed E-state index contributed by atoms with van der Waals surface area (Å²) >= 11 is 0. The van der Waals surface area contributed by atoms with Gasteiger partial charge in [-0.1, -0.05) is 0 Å². The zero-order valence-electron chi connectivity index (χ0n) is 16.0. The molecule has 0 aromatic carbocycles. The maximum Gasteiger partial charge on any atom is 0.213 e. The molecule has 8 heteroatoms. The minimum atomic E-state index is -3.08. The molecule has 2 rings (SSSR count). The van der Waals surface area contributed by atoms with E-state index in [9.17, 15) is 8.42 Å². The fourth-order valence-electron chi connectivity index (χ4n) is 3.05. The topological polar surface area (TPSA) is 86.7 Å². The van der Waals surface area contributed by atoms with Crippen molar-refractivity contribution in [3.8, 4) is 0 Å². The molecule has 2 heterocycles. The van der Waals surface area contributed by atoms with E-state index < -0.39 is 10.0 Å². The van der Waals surface area contributed by atoms with Gasteiger partial charge in [-0.2, -0.15) is 0 Å². The van der Waals surface area contributed by atoms with E-state index >= 15 is 0 Å². The molecule has 1 aromatic heterocycles. The van der Waals surface area contributed by atoms with Crippen molar-refractivity contribution in [2.75, 3.05) is 31.9 Å². The van der Waals surface area contributed by atoms with Crippen LogP contribution in [0.5, 0.6) is 0 Å². The van der Waals surface area contributed by atoms with Crippen molar-refractivity contribution >= 4 is 16.0 Å². The molecule has 146 valence electrons. The molecule has 1 aliphatic heterocycles. The highest BCUT2D eigenvalue weighted by molar-refractivity contribution is 7.89. The normalized spacial score (nSPS) is 17.3. The van der Waals surface area contributed by atoms with Gasteiger partial charge in [0.15, 0.2) is 5.96 Å². The standard InChI is InChI=1S/C18H31N5O2S/c1-4-20-18(21-11-7-16-6-10-19-14-15(16)3)22-17-8-12-23(13-9-17)26(24,25)5-2/h6,10,14,17H,4-5,7-9,11-13H2,1-3H3,(H2,20,21,22). The van der Waals surface area contributed by atoms with Crippen molar-refractivity contribution in [1.29, 1.82) is 0 Å². The summed E-state index contributed by atoms with van der Waals surface area (Å²) in [5.74, 6) is 0.972. The smallest absolute Gasteiger partial charge is 0.213 e. The highest BCUT2D eigenvalue weighted by Crippen LogP contribution is 2.14. The summed E-state index contributed by atoms with van der Waals surface area (Å²) in [6, 6.07) is 2.29. The predicted octanol–water partition coefficient (Wildman–Crippen LogP) is 1.30. The Hall–Kier alpha value is -1.67. The Morgan fingerprint density at radius 1 is 1.35 bits per heavy atom. The van der Waals surface area contributed by atoms with Gasteiger partial charge in [0.1, 0.15) is 0 Å². The SMILES string of the molecule is CCNC(=NCCc1ccncc1C)NC1CCN(S(=O)(=O)CC)CC1. The van der Waals surface area contributed by atoms with E-state index in [0.29, 0.717) is 19.6 Å². The van der Waals surface area contributed by atoms with Crippen LogP contribution in [-0.4, -0.2) is 61.6 Å². The number of hydrogen-bond acceptors (Lipinski definition) is 4. The zero-order valence-corrected chi connectivity index (χ0v) is 16.8. The Morgan fingerprint density at radius 2 is 2.08 bits per heavy atom. The maximum atomic E-state index is 12.0. The lowest BCUT2D eigenvalue weighted by Gasteiger charge is -2.32. The molecule has 2 N–H and O–H groups in total. The minimum Gasteiger partial charge on any atom is -0.357 e. The summed E-state index contributed by atoms with van der Waals surface area (Å²) in [6.45, 7) is 8.44. The van der Waals surface area contributed by atoms with Gasteiger partial charge in [-0.25, -0.2) is 12.7 Å². The van der Waals surface area contributed by atoms with Crippen LogP contribution in [0.2, 0.25) is 0 Å². The number of nitrogens with one attached hydrogen (secondary N) is 2. The van der Waals surface area contributed by atoms with Crippen molar-refractivity contribution in [3.05, 3.63) is 29.6 Å². The first-order valence-corrected chi connectivity index (χ1v) is 11.0. The number of aliphatic imine (C=N–C) groups is 1. The summed E-state index contributed by atoms with van der Waals surface area (Å²) in [6.07, 6.45) is 6.16. The average Bonchev–Trinajstić information content (AvgIpc) is 2.64. The van der Waals surface area contributed by atoms with Crippen LogP contribution >= 0.6 is 0 Å². The molecule has 0 atom stereocenters. The first kappa shape index (κ1) is 20.6. The van der Waals surface area contributed by atoms with Crippen LogP contribution in [0, 0.1) is 6.92 Å². The van der Waals surface area contributed by atoms with Crippen molar-refractivity contribution in [1.82, 2.24) is 19.9 Å². The molecule has 0 saturated carbocycles. The van der Waals surface area contributed by atoms with E-state index in [4.69, 9.17) is 0 Å². The maximum absolute atomic E-state index is 12.0. The summed E-state index contributed by atoms with van der Waals surface area (Å²) in [7, 11) is -3.08. The molecular weight excluding hydrogens is 350 g/mol. The minimum absolute atomic E-state index is 0.170. The number of hydrogen-bond donors (Lipinski definition) is 2. The number of nitrogens with zero attached hydrogens (tertiary/aromatic N) is 3. The van der Waals surface area contributed by atoms with E-state index in [-0.39, 0.29) is 11.8 Å². The first-order chi connectivity index (χ1) is 12.5. The number of aryl methyl sites for hydroxylation is 1. The monoisotopic (exact) mass is 381 g/mol. The van der Waals surface area contributed by atoms with E-state index in [1.807, 2.05) is 25.4 Å². The van der Waals surface area contributed by atoms with Gasteiger partial charge in [-0.3, -0.25) is 9.98 Å². The van der Waals surface area contributed by atoms with Gasteiger partial charge in [0, 0.05) is 44.6 Å². The van der Waals surface area contributed by atoms with E-state index in [0.717, 1.165) is 31.8 Å². The van der Waals surface area contributed by atoms with Gasteiger partial charge in [-0.15, -0.1) is 0 Å². The van der Waals surface area contributed by atoms with Gasteiger partial charge in [0.05, 0.1) is 5.75 Å². The predicted molar refractivity (Wildman–Crippen MR) is 106 cm³/mol. The first-order valence-electron chi connectivity index (χ1n) is 9.38. The molecular formula is C18H31N5O2S.